The van der Waals surface area contributed by atoms with Crippen molar-refractivity contribution in [2.24, 2.45) is 0 Å². The molecule has 0 aromatic carbocycles. The second kappa shape index (κ2) is 3.51. The van der Waals surface area contributed by atoms with Gasteiger partial charge < -0.3 is 19.7 Å². The molecule has 0 radical (unpaired) electrons. The third kappa shape index (κ3) is 1.93. The molecule has 6 nitrogen and oxygen atoms in total. The van der Waals surface area contributed by atoms with Gasteiger partial charge in [0.15, 0.2) is 12.2 Å². The number of carboxylic acid groups (broad SMARTS) is 2. The van der Waals surface area contributed by atoms with E-state index in [2.05, 4.69) is 0 Å². The number of rotatable bonds is 2. The zero-order chi connectivity index (χ0) is 9.14. The number of ether oxygens (including phenoxy) is 2. The average Bonchev–Trinajstić information content (AvgIpc) is 2.04. The molecule has 2 N–H and O–H groups in total. The Labute approximate surface area is 67.7 Å². The molecule has 0 spiro atoms. The highest BCUT2D eigenvalue weighted by Crippen LogP contribution is 2.07. The smallest absolute Gasteiger partial charge is 0.335 e. The Bertz CT molecular complexity index is 170. The molecular formula is C6H8O6. The van der Waals surface area contributed by atoms with Crippen LogP contribution in [0.25, 0.3) is 0 Å². The Morgan fingerprint density at radius 3 is 1.50 bits per heavy atom. The lowest BCUT2D eigenvalue weighted by Crippen LogP contribution is -2.43. The van der Waals surface area contributed by atoms with E-state index in [0.717, 1.165) is 0 Å². The monoisotopic (exact) mass is 176 g/mol. The minimum atomic E-state index is -1.14. The van der Waals surface area contributed by atoms with Crippen LogP contribution >= 0.6 is 0 Å². The highest BCUT2D eigenvalue weighted by molar-refractivity contribution is 5.74. The molecule has 0 aromatic rings. The standard InChI is InChI=1S/C6H8O6/c7-5(8)3-1-11-4(2-12-3)6(9)10/h3-4H,1-2H2,(H,7,8)(H,9,10). The first-order valence-corrected chi connectivity index (χ1v) is 3.30. The van der Waals surface area contributed by atoms with Crippen LogP contribution in [0.5, 0.6) is 0 Å². The molecule has 1 rings (SSSR count). The van der Waals surface area contributed by atoms with Crippen LogP contribution in [0.3, 0.4) is 0 Å². The molecule has 1 fully saturated rings. The second-order valence-electron chi connectivity index (χ2n) is 2.32. The average molecular weight is 176 g/mol. The van der Waals surface area contributed by atoms with Crippen molar-refractivity contribution in [1.29, 1.82) is 0 Å². The number of carbonyl (C=O) groups is 2. The van der Waals surface area contributed by atoms with Gasteiger partial charge in [0.1, 0.15) is 0 Å². The molecular weight excluding hydrogens is 168 g/mol. The first kappa shape index (κ1) is 8.95. The molecule has 0 aromatic heterocycles. The molecule has 0 amide bonds. The van der Waals surface area contributed by atoms with Crippen molar-refractivity contribution >= 4 is 11.9 Å². The first-order valence-electron chi connectivity index (χ1n) is 3.30. The number of hydrogen-bond donors (Lipinski definition) is 2. The van der Waals surface area contributed by atoms with Crippen LogP contribution in [-0.4, -0.2) is 47.6 Å². The molecule has 1 aliphatic rings. The highest BCUT2D eigenvalue weighted by atomic mass is 16.6. The molecule has 1 aliphatic heterocycles. The number of carboxylic acids is 2. The first-order chi connectivity index (χ1) is 5.61. The van der Waals surface area contributed by atoms with Gasteiger partial charge in [0, 0.05) is 0 Å². The lowest BCUT2D eigenvalue weighted by molar-refractivity contribution is -0.187. The van der Waals surface area contributed by atoms with Crippen molar-refractivity contribution in [2.75, 3.05) is 13.2 Å². The molecule has 68 valence electrons. The predicted octanol–water partition coefficient (Wildman–Crippen LogP) is -1.06. The number of aliphatic carboxylic acids is 2. The van der Waals surface area contributed by atoms with Gasteiger partial charge in [-0.3, -0.25) is 0 Å². The summed E-state index contributed by atoms with van der Waals surface area (Å²) in [6.07, 6.45) is -2.08. The lowest BCUT2D eigenvalue weighted by atomic mass is 10.3. The summed E-state index contributed by atoms with van der Waals surface area (Å²) in [7, 11) is 0. The zero-order valence-electron chi connectivity index (χ0n) is 6.10. The van der Waals surface area contributed by atoms with Gasteiger partial charge in [0.25, 0.3) is 0 Å². The van der Waals surface area contributed by atoms with Crippen LogP contribution < -0.4 is 0 Å². The third-order valence-electron chi connectivity index (χ3n) is 1.45. The minimum absolute atomic E-state index is 0.216. The van der Waals surface area contributed by atoms with Gasteiger partial charge in [-0.15, -0.1) is 0 Å². The molecule has 12 heavy (non-hydrogen) atoms. The summed E-state index contributed by atoms with van der Waals surface area (Å²) in [6, 6.07) is 0. The van der Waals surface area contributed by atoms with E-state index in [1.807, 2.05) is 0 Å². The largest absolute Gasteiger partial charge is 0.479 e. The minimum Gasteiger partial charge on any atom is -0.479 e. The van der Waals surface area contributed by atoms with Crippen molar-refractivity contribution in [3.63, 3.8) is 0 Å². The Kier molecular flexibility index (Phi) is 2.61. The van der Waals surface area contributed by atoms with Crippen LogP contribution in [0.15, 0.2) is 0 Å². The summed E-state index contributed by atoms with van der Waals surface area (Å²) in [6.45, 7) is -0.432. The van der Waals surface area contributed by atoms with Crippen LogP contribution in [0.1, 0.15) is 0 Å². The van der Waals surface area contributed by atoms with Crippen LogP contribution in [0, 0.1) is 0 Å². The van der Waals surface area contributed by atoms with Gasteiger partial charge in [-0.2, -0.15) is 0 Å². The van der Waals surface area contributed by atoms with Gasteiger partial charge in [0.05, 0.1) is 13.2 Å². The van der Waals surface area contributed by atoms with E-state index in [9.17, 15) is 9.59 Å². The fourth-order valence-corrected chi connectivity index (χ4v) is 0.788. The molecule has 0 saturated carbocycles. The Balaban J connectivity index is 2.39. The van der Waals surface area contributed by atoms with Gasteiger partial charge in [-0.25, -0.2) is 9.59 Å². The quantitative estimate of drug-likeness (QED) is 0.557. The van der Waals surface area contributed by atoms with Crippen molar-refractivity contribution < 1.29 is 29.3 Å². The van der Waals surface area contributed by atoms with E-state index in [4.69, 9.17) is 19.7 Å². The summed E-state index contributed by atoms with van der Waals surface area (Å²) in [4.78, 5) is 20.6. The maximum absolute atomic E-state index is 10.3. The molecule has 0 bridgehead atoms. The van der Waals surface area contributed by atoms with E-state index in [1.54, 1.807) is 0 Å². The molecule has 1 heterocycles. The maximum atomic E-state index is 10.3. The van der Waals surface area contributed by atoms with Crippen molar-refractivity contribution in [3.05, 3.63) is 0 Å². The molecule has 6 heteroatoms. The Morgan fingerprint density at radius 1 is 1.00 bits per heavy atom. The Hall–Kier alpha value is -1.14. The lowest BCUT2D eigenvalue weighted by Gasteiger charge is -2.24. The molecule has 1 saturated heterocycles. The SMILES string of the molecule is O=C(O)C1COC(C(=O)O)CO1. The summed E-state index contributed by atoms with van der Waals surface area (Å²) in [5.41, 5.74) is 0. The summed E-state index contributed by atoms with van der Waals surface area (Å²) in [5.74, 6) is -2.28. The zero-order valence-corrected chi connectivity index (χ0v) is 6.10. The van der Waals surface area contributed by atoms with Crippen LogP contribution in [0.4, 0.5) is 0 Å². The summed E-state index contributed by atoms with van der Waals surface area (Å²) < 4.78 is 9.42. The molecule has 2 unspecified atom stereocenters. The fraction of sp³-hybridized carbons (Fsp3) is 0.667. The van der Waals surface area contributed by atoms with E-state index in [-0.39, 0.29) is 13.2 Å². The van der Waals surface area contributed by atoms with E-state index in [0.29, 0.717) is 0 Å². The molecule has 0 aliphatic carbocycles. The van der Waals surface area contributed by atoms with Gasteiger partial charge in [-0.05, 0) is 0 Å². The predicted molar refractivity (Wildman–Crippen MR) is 34.8 cm³/mol. The fourth-order valence-electron chi connectivity index (χ4n) is 0.788. The maximum Gasteiger partial charge on any atom is 0.335 e. The second-order valence-corrected chi connectivity index (χ2v) is 2.32. The van der Waals surface area contributed by atoms with E-state index in [1.165, 1.54) is 0 Å². The third-order valence-corrected chi connectivity index (χ3v) is 1.45. The van der Waals surface area contributed by atoms with Crippen molar-refractivity contribution in [3.8, 4) is 0 Å². The number of hydrogen-bond acceptors (Lipinski definition) is 4. The van der Waals surface area contributed by atoms with Crippen LogP contribution in [-0.2, 0) is 19.1 Å². The van der Waals surface area contributed by atoms with Gasteiger partial charge in [-0.1, -0.05) is 0 Å². The van der Waals surface area contributed by atoms with Gasteiger partial charge >= 0.3 is 11.9 Å². The topological polar surface area (TPSA) is 93.1 Å². The Morgan fingerprint density at radius 2 is 1.33 bits per heavy atom. The van der Waals surface area contributed by atoms with Gasteiger partial charge in [0.2, 0.25) is 0 Å². The van der Waals surface area contributed by atoms with Crippen molar-refractivity contribution in [2.45, 2.75) is 12.2 Å². The normalized spacial score (nSPS) is 29.7. The van der Waals surface area contributed by atoms with E-state index >= 15 is 0 Å². The summed E-state index contributed by atoms with van der Waals surface area (Å²) in [5, 5.41) is 16.8. The molecule has 2 atom stereocenters. The highest BCUT2D eigenvalue weighted by Gasteiger charge is 2.30. The van der Waals surface area contributed by atoms with E-state index < -0.39 is 24.1 Å². The summed E-state index contributed by atoms with van der Waals surface area (Å²) >= 11 is 0. The van der Waals surface area contributed by atoms with Crippen LogP contribution in [0.2, 0.25) is 0 Å². The van der Waals surface area contributed by atoms with Crippen molar-refractivity contribution in [1.82, 2.24) is 0 Å².